The Morgan fingerprint density at radius 1 is 1.12 bits per heavy atom. The number of hydrogen-bond acceptors (Lipinski definition) is 5. The second kappa shape index (κ2) is 6.68. The van der Waals surface area contributed by atoms with E-state index in [1.165, 1.54) is 16.9 Å². The standard InChI is InChI=1S/C19H17N5OS/c1-12(2)13-6-8-14(9-7-13)18-20-15(11-26-18)17(25)21-19-23-22-16-5-3-4-10-24(16)19/h3-12H,1-2H3,(H,21,23,25). The summed E-state index contributed by atoms with van der Waals surface area (Å²) in [5.74, 6) is 0.561. The number of amides is 1. The van der Waals surface area contributed by atoms with Crippen molar-refractivity contribution in [1.82, 2.24) is 19.6 Å². The van der Waals surface area contributed by atoms with Gasteiger partial charge in [-0.15, -0.1) is 21.5 Å². The topological polar surface area (TPSA) is 72.2 Å². The van der Waals surface area contributed by atoms with E-state index in [2.05, 4.69) is 46.5 Å². The van der Waals surface area contributed by atoms with Gasteiger partial charge in [0.05, 0.1) is 0 Å². The minimum atomic E-state index is -0.301. The summed E-state index contributed by atoms with van der Waals surface area (Å²) in [5.41, 5.74) is 3.32. The molecule has 4 aromatic rings. The van der Waals surface area contributed by atoms with Gasteiger partial charge in [0.25, 0.3) is 5.91 Å². The number of anilines is 1. The molecule has 0 aliphatic rings. The second-order valence-corrected chi connectivity index (χ2v) is 7.08. The molecule has 0 saturated heterocycles. The maximum Gasteiger partial charge on any atom is 0.277 e. The molecule has 0 spiro atoms. The number of carbonyl (C=O) groups is 1. The summed E-state index contributed by atoms with van der Waals surface area (Å²) >= 11 is 1.45. The van der Waals surface area contributed by atoms with Crippen LogP contribution in [0.5, 0.6) is 0 Å². The fourth-order valence-electron chi connectivity index (χ4n) is 2.61. The number of nitrogens with zero attached hydrogens (tertiary/aromatic N) is 4. The third kappa shape index (κ3) is 3.09. The Bertz CT molecular complexity index is 1060. The van der Waals surface area contributed by atoms with Gasteiger partial charge in [0.1, 0.15) is 10.7 Å². The summed E-state index contributed by atoms with van der Waals surface area (Å²) in [4.78, 5) is 17.0. The van der Waals surface area contributed by atoms with Gasteiger partial charge in [-0.25, -0.2) is 4.98 Å². The van der Waals surface area contributed by atoms with Crippen LogP contribution in [0.1, 0.15) is 35.8 Å². The van der Waals surface area contributed by atoms with Crippen molar-refractivity contribution in [1.29, 1.82) is 0 Å². The van der Waals surface area contributed by atoms with E-state index in [4.69, 9.17) is 0 Å². The fourth-order valence-corrected chi connectivity index (χ4v) is 3.42. The maximum absolute atomic E-state index is 12.5. The van der Waals surface area contributed by atoms with Crippen LogP contribution < -0.4 is 5.32 Å². The number of pyridine rings is 1. The number of nitrogens with one attached hydrogen (secondary N) is 1. The molecule has 0 aliphatic carbocycles. The van der Waals surface area contributed by atoms with Crippen molar-refractivity contribution in [2.45, 2.75) is 19.8 Å². The highest BCUT2D eigenvalue weighted by Crippen LogP contribution is 2.26. The molecular formula is C19H17N5OS. The normalized spacial score (nSPS) is 11.2. The van der Waals surface area contributed by atoms with Gasteiger partial charge in [0, 0.05) is 17.1 Å². The van der Waals surface area contributed by atoms with Gasteiger partial charge in [0.15, 0.2) is 5.65 Å². The highest BCUT2D eigenvalue weighted by Gasteiger charge is 2.15. The summed E-state index contributed by atoms with van der Waals surface area (Å²) in [7, 11) is 0. The van der Waals surface area contributed by atoms with E-state index in [9.17, 15) is 4.79 Å². The zero-order valence-corrected chi connectivity index (χ0v) is 15.2. The Kier molecular flexibility index (Phi) is 4.22. The number of rotatable bonds is 4. The van der Waals surface area contributed by atoms with Crippen LogP contribution in [-0.2, 0) is 0 Å². The molecule has 130 valence electrons. The monoisotopic (exact) mass is 363 g/mol. The predicted molar refractivity (Wildman–Crippen MR) is 103 cm³/mol. The molecule has 7 heteroatoms. The molecule has 3 aromatic heterocycles. The molecule has 0 aliphatic heterocycles. The van der Waals surface area contributed by atoms with Crippen molar-refractivity contribution in [2.24, 2.45) is 0 Å². The van der Waals surface area contributed by atoms with Gasteiger partial charge >= 0.3 is 0 Å². The smallest absolute Gasteiger partial charge is 0.277 e. The van der Waals surface area contributed by atoms with Crippen LogP contribution in [0.3, 0.4) is 0 Å². The Hall–Kier alpha value is -3.06. The first-order valence-electron chi connectivity index (χ1n) is 8.29. The predicted octanol–water partition coefficient (Wildman–Crippen LogP) is 4.23. The Labute approximate surface area is 154 Å². The minimum absolute atomic E-state index is 0.301. The van der Waals surface area contributed by atoms with Crippen LogP contribution in [0.2, 0.25) is 0 Å². The fraction of sp³-hybridized carbons (Fsp3) is 0.158. The third-order valence-corrected chi connectivity index (χ3v) is 4.99. The largest absolute Gasteiger partial charge is 0.289 e. The van der Waals surface area contributed by atoms with Crippen LogP contribution in [0.15, 0.2) is 54.0 Å². The second-order valence-electron chi connectivity index (χ2n) is 6.22. The van der Waals surface area contributed by atoms with Crippen molar-refractivity contribution < 1.29 is 4.79 Å². The van der Waals surface area contributed by atoms with Gasteiger partial charge in [-0.3, -0.25) is 14.5 Å². The summed E-state index contributed by atoms with van der Waals surface area (Å²) in [6.07, 6.45) is 1.80. The molecule has 0 fully saturated rings. The van der Waals surface area contributed by atoms with E-state index in [-0.39, 0.29) is 5.91 Å². The van der Waals surface area contributed by atoms with Crippen molar-refractivity contribution in [3.63, 3.8) is 0 Å². The Balaban J connectivity index is 1.54. The van der Waals surface area contributed by atoms with Crippen molar-refractivity contribution in [3.8, 4) is 10.6 Å². The van der Waals surface area contributed by atoms with Gasteiger partial charge in [-0.05, 0) is 23.6 Å². The van der Waals surface area contributed by atoms with E-state index in [0.29, 0.717) is 23.2 Å². The lowest BCUT2D eigenvalue weighted by Gasteiger charge is -2.05. The summed E-state index contributed by atoms with van der Waals surface area (Å²) < 4.78 is 1.72. The number of fused-ring (bicyclic) bond motifs is 1. The molecule has 6 nitrogen and oxygen atoms in total. The highest BCUT2D eigenvalue weighted by atomic mass is 32.1. The van der Waals surface area contributed by atoms with Crippen molar-refractivity contribution >= 4 is 28.8 Å². The SMILES string of the molecule is CC(C)c1ccc(-c2nc(C(=O)Nc3nnc4ccccn34)cs2)cc1. The van der Waals surface area contributed by atoms with Crippen LogP contribution in [0, 0.1) is 0 Å². The molecule has 3 heterocycles. The first kappa shape index (κ1) is 16.4. The zero-order chi connectivity index (χ0) is 18.1. The van der Waals surface area contributed by atoms with Crippen LogP contribution in [0.25, 0.3) is 16.2 Å². The number of hydrogen-bond donors (Lipinski definition) is 1. The molecular weight excluding hydrogens is 346 g/mol. The molecule has 26 heavy (non-hydrogen) atoms. The van der Waals surface area contributed by atoms with Crippen molar-refractivity contribution in [3.05, 3.63) is 65.3 Å². The van der Waals surface area contributed by atoms with E-state index < -0.39 is 0 Å². The highest BCUT2D eigenvalue weighted by molar-refractivity contribution is 7.13. The van der Waals surface area contributed by atoms with Gasteiger partial charge in [0.2, 0.25) is 5.95 Å². The average molecular weight is 363 g/mol. The first-order valence-corrected chi connectivity index (χ1v) is 9.17. The summed E-state index contributed by atoms with van der Waals surface area (Å²) in [6.45, 7) is 4.32. The number of benzene rings is 1. The van der Waals surface area contributed by atoms with Gasteiger partial charge in [-0.2, -0.15) is 0 Å². The molecule has 0 atom stereocenters. The lowest BCUT2D eigenvalue weighted by molar-refractivity contribution is 0.102. The zero-order valence-electron chi connectivity index (χ0n) is 14.4. The van der Waals surface area contributed by atoms with E-state index in [1.54, 1.807) is 16.0 Å². The molecule has 0 bridgehead atoms. The van der Waals surface area contributed by atoms with E-state index in [1.807, 2.05) is 30.3 Å². The molecule has 1 aromatic carbocycles. The molecule has 1 N–H and O–H groups in total. The van der Waals surface area contributed by atoms with Crippen LogP contribution >= 0.6 is 11.3 Å². The Morgan fingerprint density at radius 3 is 2.69 bits per heavy atom. The average Bonchev–Trinajstić information content (AvgIpc) is 3.30. The number of thiazole rings is 1. The molecule has 1 amide bonds. The molecule has 0 unspecified atom stereocenters. The number of carbonyl (C=O) groups excluding carboxylic acids is 1. The molecule has 0 radical (unpaired) electrons. The third-order valence-electron chi connectivity index (χ3n) is 4.10. The minimum Gasteiger partial charge on any atom is -0.289 e. The summed E-state index contributed by atoms with van der Waals surface area (Å²) in [5, 5.41) is 13.4. The quantitative estimate of drug-likeness (QED) is 0.589. The van der Waals surface area contributed by atoms with Crippen LogP contribution in [-0.4, -0.2) is 25.5 Å². The van der Waals surface area contributed by atoms with Gasteiger partial charge in [-0.1, -0.05) is 44.2 Å². The first-order chi connectivity index (χ1) is 12.6. The van der Waals surface area contributed by atoms with Gasteiger partial charge < -0.3 is 0 Å². The lowest BCUT2D eigenvalue weighted by atomic mass is 10.0. The number of aromatic nitrogens is 4. The molecule has 0 saturated carbocycles. The lowest BCUT2D eigenvalue weighted by Crippen LogP contribution is -2.14. The molecule has 4 rings (SSSR count). The van der Waals surface area contributed by atoms with E-state index in [0.717, 1.165) is 10.6 Å². The maximum atomic E-state index is 12.5. The van der Waals surface area contributed by atoms with Crippen LogP contribution in [0.4, 0.5) is 5.95 Å². The Morgan fingerprint density at radius 2 is 1.92 bits per heavy atom. The summed E-state index contributed by atoms with van der Waals surface area (Å²) in [6, 6.07) is 13.8. The van der Waals surface area contributed by atoms with E-state index >= 15 is 0 Å². The van der Waals surface area contributed by atoms with Crippen molar-refractivity contribution in [2.75, 3.05) is 5.32 Å².